The number of benzene rings is 2. The van der Waals surface area contributed by atoms with Crippen molar-refractivity contribution in [2.45, 2.75) is 6.92 Å². The topological polar surface area (TPSA) is 35.2 Å². The number of ether oxygens (including phenoxy) is 1. The number of hydrogen-bond donors (Lipinski definition) is 1. The summed E-state index contributed by atoms with van der Waals surface area (Å²) in [7, 11) is 1.67. The van der Waals surface area contributed by atoms with E-state index in [9.17, 15) is 0 Å². The minimum absolute atomic E-state index is 0.826. The zero-order valence-electron chi connectivity index (χ0n) is 9.53. The van der Waals surface area contributed by atoms with Crippen LogP contribution in [0.3, 0.4) is 0 Å². The molecule has 0 amide bonds. The Hall–Kier alpha value is -1.96. The van der Waals surface area contributed by atoms with Crippen molar-refractivity contribution in [2.24, 2.45) is 0 Å². The number of nitrogen functional groups attached to an aromatic ring is 1. The Bertz CT molecular complexity index is 506. The molecule has 16 heavy (non-hydrogen) atoms. The smallest absolute Gasteiger partial charge is 0.119 e. The average molecular weight is 213 g/mol. The van der Waals surface area contributed by atoms with Crippen LogP contribution in [-0.2, 0) is 0 Å². The lowest BCUT2D eigenvalue weighted by Crippen LogP contribution is -1.90. The fourth-order valence-electron chi connectivity index (χ4n) is 1.66. The molecule has 2 nitrogen and oxygen atoms in total. The highest BCUT2D eigenvalue weighted by molar-refractivity contribution is 5.68. The van der Waals surface area contributed by atoms with Crippen molar-refractivity contribution in [3.63, 3.8) is 0 Å². The predicted molar refractivity (Wildman–Crippen MR) is 67.6 cm³/mol. The van der Waals surface area contributed by atoms with Gasteiger partial charge < -0.3 is 10.5 Å². The fourth-order valence-corrected chi connectivity index (χ4v) is 1.66. The molecule has 2 rings (SSSR count). The van der Waals surface area contributed by atoms with Crippen LogP contribution in [-0.4, -0.2) is 7.11 Å². The van der Waals surface area contributed by atoms with Crippen molar-refractivity contribution in [1.29, 1.82) is 0 Å². The number of rotatable bonds is 2. The van der Waals surface area contributed by atoms with Crippen molar-refractivity contribution in [2.75, 3.05) is 12.8 Å². The van der Waals surface area contributed by atoms with Crippen molar-refractivity contribution in [3.05, 3.63) is 48.0 Å². The molecule has 2 N–H and O–H groups in total. The second-order valence-electron chi connectivity index (χ2n) is 3.80. The Kier molecular flexibility index (Phi) is 2.82. The molecule has 0 aliphatic rings. The van der Waals surface area contributed by atoms with E-state index in [2.05, 4.69) is 12.1 Å². The third-order valence-corrected chi connectivity index (χ3v) is 2.67. The molecule has 0 aromatic heterocycles. The van der Waals surface area contributed by atoms with E-state index in [1.807, 2.05) is 37.3 Å². The Balaban J connectivity index is 2.46. The Labute approximate surface area is 95.7 Å². The number of hydrogen-bond acceptors (Lipinski definition) is 2. The van der Waals surface area contributed by atoms with Crippen LogP contribution in [0.1, 0.15) is 5.56 Å². The molecule has 0 aliphatic carbocycles. The molecule has 0 saturated carbocycles. The zero-order chi connectivity index (χ0) is 11.5. The van der Waals surface area contributed by atoms with Gasteiger partial charge in [0.2, 0.25) is 0 Å². The highest BCUT2D eigenvalue weighted by Crippen LogP contribution is 2.26. The minimum atomic E-state index is 0.826. The first-order chi connectivity index (χ1) is 7.70. The quantitative estimate of drug-likeness (QED) is 0.777. The molecule has 2 aromatic rings. The van der Waals surface area contributed by atoms with E-state index in [-0.39, 0.29) is 0 Å². The van der Waals surface area contributed by atoms with Crippen LogP contribution in [0.25, 0.3) is 11.1 Å². The van der Waals surface area contributed by atoms with E-state index >= 15 is 0 Å². The first-order valence-corrected chi connectivity index (χ1v) is 5.21. The van der Waals surface area contributed by atoms with Gasteiger partial charge in [0.05, 0.1) is 7.11 Å². The monoisotopic (exact) mass is 213 g/mol. The van der Waals surface area contributed by atoms with Gasteiger partial charge in [0.1, 0.15) is 5.75 Å². The maximum atomic E-state index is 5.80. The summed E-state index contributed by atoms with van der Waals surface area (Å²) in [4.78, 5) is 0. The molecule has 0 bridgehead atoms. The van der Waals surface area contributed by atoms with E-state index in [1.165, 1.54) is 0 Å². The van der Waals surface area contributed by atoms with Gasteiger partial charge in [-0.05, 0) is 47.9 Å². The predicted octanol–water partition coefficient (Wildman–Crippen LogP) is 3.25. The maximum absolute atomic E-state index is 5.80. The van der Waals surface area contributed by atoms with Gasteiger partial charge in [-0.2, -0.15) is 0 Å². The van der Waals surface area contributed by atoms with Gasteiger partial charge in [-0.3, -0.25) is 0 Å². The number of aryl methyl sites for hydroxylation is 1. The molecule has 0 spiro atoms. The summed E-state index contributed by atoms with van der Waals surface area (Å²) in [6.45, 7) is 2.01. The van der Waals surface area contributed by atoms with Gasteiger partial charge in [0.25, 0.3) is 0 Å². The van der Waals surface area contributed by atoms with Gasteiger partial charge in [0, 0.05) is 5.69 Å². The summed E-state index contributed by atoms with van der Waals surface area (Å²) < 4.78 is 5.21. The zero-order valence-corrected chi connectivity index (χ0v) is 9.53. The molecule has 0 fully saturated rings. The molecule has 0 heterocycles. The normalized spacial score (nSPS) is 10.1. The largest absolute Gasteiger partial charge is 0.497 e. The summed E-state index contributed by atoms with van der Waals surface area (Å²) in [5.41, 5.74) is 10.0. The van der Waals surface area contributed by atoms with Crippen LogP contribution >= 0.6 is 0 Å². The summed E-state index contributed by atoms with van der Waals surface area (Å²) in [5.74, 6) is 0.868. The number of anilines is 1. The Morgan fingerprint density at radius 2 is 1.75 bits per heavy atom. The van der Waals surface area contributed by atoms with Gasteiger partial charge in [0.15, 0.2) is 0 Å². The Morgan fingerprint density at radius 3 is 2.44 bits per heavy atom. The molecule has 0 atom stereocenters. The second kappa shape index (κ2) is 4.27. The molecular formula is C14H15NO. The molecule has 0 saturated heterocycles. The summed E-state index contributed by atoms with van der Waals surface area (Å²) >= 11 is 0. The molecule has 0 unspecified atom stereocenters. The number of nitrogens with two attached hydrogens (primary N) is 1. The molecule has 2 heteroatoms. The molecule has 0 radical (unpaired) electrons. The SMILES string of the molecule is COc1cccc(-c2ccc(N)c(C)c2)c1. The van der Waals surface area contributed by atoms with Crippen LogP contribution in [0, 0.1) is 6.92 Å². The van der Waals surface area contributed by atoms with E-state index in [4.69, 9.17) is 10.5 Å². The van der Waals surface area contributed by atoms with Crippen molar-refractivity contribution in [3.8, 4) is 16.9 Å². The minimum Gasteiger partial charge on any atom is -0.497 e. The van der Waals surface area contributed by atoms with Gasteiger partial charge in [-0.15, -0.1) is 0 Å². The number of methoxy groups -OCH3 is 1. The Morgan fingerprint density at radius 1 is 1.00 bits per heavy atom. The third kappa shape index (κ3) is 2.01. The van der Waals surface area contributed by atoms with Gasteiger partial charge in [-0.1, -0.05) is 18.2 Å². The van der Waals surface area contributed by atoms with Gasteiger partial charge >= 0.3 is 0 Å². The summed E-state index contributed by atoms with van der Waals surface area (Å²) in [6, 6.07) is 14.1. The summed E-state index contributed by atoms with van der Waals surface area (Å²) in [6.07, 6.45) is 0. The van der Waals surface area contributed by atoms with E-state index < -0.39 is 0 Å². The lowest BCUT2D eigenvalue weighted by molar-refractivity contribution is 0.415. The maximum Gasteiger partial charge on any atom is 0.119 e. The van der Waals surface area contributed by atoms with E-state index in [0.717, 1.165) is 28.1 Å². The molecule has 2 aromatic carbocycles. The molecule has 0 aliphatic heterocycles. The average Bonchev–Trinajstić information content (AvgIpc) is 2.33. The first kappa shape index (κ1) is 10.6. The third-order valence-electron chi connectivity index (χ3n) is 2.67. The highest BCUT2D eigenvalue weighted by Gasteiger charge is 2.01. The van der Waals surface area contributed by atoms with E-state index in [0.29, 0.717) is 0 Å². The second-order valence-corrected chi connectivity index (χ2v) is 3.80. The first-order valence-electron chi connectivity index (χ1n) is 5.21. The fraction of sp³-hybridized carbons (Fsp3) is 0.143. The van der Waals surface area contributed by atoms with Crippen molar-refractivity contribution >= 4 is 5.69 Å². The van der Waals surface area contributed by atoms with Crippen molar-refractivity contribution < 1.29 is 4.74 Å². The molecular weight excluding hydrogens is 198 g/mol. The van der Waals surface area contributed by atoms with Crippen LogP contribution in [0.15, 0.2) is 42.5 Å². The lowest BCUT2D eigenvalue weighted by atomic mass is 10.0. The van der Waals surface area contributed by atoms with Crippen LogP contribution < -0.4 is 10.5 Å². The van der Waals surface area contributed by atoms with Crippen molar-refractivity contribution in [1.82, 2.24) is 0 Å². The van der Waals surface area contributed by atoms with E-state index in [1.54, 1.807) is 7.11 Å². The van der Waals surface area contributed by atoms with Gasteiger partial charge in [-0.25, -0.2) is 0 Å². The highest BCUT2D eigenvalue weighted by atomic mass is 16.5. The van der Waals surface area contributed by atoms with Crippen LogP contribution in [0.5, 0.6) is 5.75 Å². The standard InChI is InChI=1S/C14H15NO/c1-10-8-12(6-7-14(10)15)11-4-3-5-13(9-11)16-2/h3-9H,15H2,1-2H3. The molecule has 82 valence electrons. The van der Waals surface area contributed by atoms with Crippen LogP contribution in [0.2, 0.25) is 0 Å². The lowest BCUT2D eigenvalue weighted by Gasteiger charge is -2.07. The summed E-state index contributed by atoms with van der Waals surface area (Å²) in [5, 5.41) is 0. The van der Waals surface area contributed by atoms with Crippen LogP contribution in [0.4, 0.5) is 5.69 Å².